The van der Waals surface area contributed by atoms with Crippen LogP contribution in [0.3, 0.4) is 0 Å². The predicted octanol–water partition coefficient (Wildman–Crippen LogP) is 2.68. The number of nitrogens with one attached hydrogen (secondary N) is 1. The topological polar surface area (TPSA) is 35.6 Å². The molecule has 3 rings (SSSR count). The largest absolute Gasteiger partial charge is 0.339 e. The van der Waals surface area contributed by atoms with Gasteiger partial charge in [0.25, 0.3) is 5.91 Å². The average Bonchev–Trinajstić information content (AvgIpc) is 3.17. The maximum Gasteiger partial charge on any atom is 0.256 e. The molecular weight excluding hydrogens is 317 g/mol. The van der Waals surface area contributed by atoms with Crippen LogP contribution in [0.15, 0.2) is 18.2 Å². The number of piperazine rings is 1. The second-order valence-corrected chi connectivity index (χ2v) is 7.34. The summed E-state index contributed by atoms with van der Waals surface area (Å²) < 4.78 is 14.4. The number of hydrogen-bond acceptors (Lipinski definition) is 3. The fourth-order valence-electron chi connectivity index (χ4n) is 3.89. The molecule has 0 spiro atoms. The molecule has 5 heteroatoms. The van der Waals surface area contributed by atoms with E-state index in [0.717, 1.165) is 76.9 Å². The van der Waals surface area contributed by atoms with Crippen LogP contribution in [0, 0.1) is 5.82 Å². The van der Waals surface area contributed by atoms with E-state index in [4.69, 9.17) is 0 Å². The van der Waals surface area contributed by atoms with Crippen molar-refractivity contribution in [2.45, 2.75) is 45.1 Å². The molecule has 2 saturated heterocycles. The molecule has 138 valence electrons. The first-order chi connectivity index (χ1) is 12.1. The fourth-order valence-corrected chi connectivity index (χ4v) is 3.89. The van der Waals surface area contributed by atoms with Crippen LogP contribution in [0.2, 0.25) is 0 Å². The summed E-state index contributed by atoms with van der Waals surface area (Å²) in [6.45, 7) is 8.16. The zero-order valence-corrected chi connectivity index (χ0v) is 15.3. The maximum atomic E-state index is 14.4. The van der Waals surface area contributed by atoms with Crippen molar-refractivity contribution in [2.75, 3.05) is 39.3 Å². The smallest absolute Gasteiger partial charge is 0.256 e. The number of rotatable bonds is 6. The summed E-state index contributed by atoms with van der Waals surface area (Å²) in [5.41, 5.74) is 1.21. The summed E-state index contributed by atoms with van der Waals surface area (Å²) in [4.78, 5) is 16.6. The van der Waals surface area contributed by atoms with E-state index in [9.17, 15) is 9.18 Å². The lowest BCUT2D eigenvalue weighted by atomic mass is 10.0. The van der Waals surface area contributed by atoms with Crippen LogP contribution < -0.4 is 5.32 Å². The van der Waals surface area contributed by atoms with Crippen molar-refractivity contribution in [2.24, 2.45) is 0 Å². The Balaban J connectivity index is 1.49. The second kappa shape index (κ2) is 8.77. The van der Waals surface area contributed by atoms with E-state index in [1.165, 1.54) is 0 Å². The van der Waals surface area contributed by atoms with Crippen molar-refractivity contribution in [1.29, 1.82) is 0 Å². The van der Waals surface area contributed by atoms with Gasteiger partial charge in [-0.1, -0.05) is 6.07 Å². The molecule has 25 heavy (non-hydrogen) atoms. The summed E-state index contributed by atoms with van der Waals surface area (Å²) in [5.74, 6) is -0.529. The Labute approximate surface area is 150 Å². The van der Waals surface area contributed by atoms with Crippen LogP contribution in [0.5, 0.6) is 0 Å². The first kappa shape index (κ1) is 18.3. The van der Waals surface area contributed by atoms with Crippen LogP contribution >= 0.6 is 0 Å². The number of amides is 1. The minimum Gasteiger partial charge on any atom is -0.339 e. The maximum absolute atomic E-state index is 14.4. The minimum atomic E-state index is -0.371. The Morgan fingerprint density at radius 3 is 2.60 bits per heavy atom. The molecule has 0 bridgehead atoms. The normalized spacial score (nSPS) is 20.0. The lowest BCUT2D eigenvalue weighted by molar-refractivity contribution is 0.0788. The molecular formula is C20H30FN3O. The van der Waals surface area contributed by atoms with Crippen LogP contribution in [-0.2, 0) is 6.42 Å². The number of nitrogens with zero attached hydrogens (tertiary/aromatic N) is 2. The second-order valence-electron chi connectivity index (χ2n) is 7.34. The highest BCUT2D eigenvalue weighted by molar-refractivity contribution is 5.94. The molecule has 1 amide bonds. The number of carbonyl (C=O) groups excluding carboxylic acids is 1. The molecule has 2 fully saturated rings. The Kier molecular flexibility index (Phi) is 6.43. The highest BCUT2D eigenvalue weighted by Gasteiger charge is 2.22. The number of aryl methyl sites for hydroxylation is 1. The van der Waals surface area contributed by atoms with Gasteiger partial charge in [-0.25, -0.2) is 4.39 Å². The number of benzene rings is 1. The van der Waals surface area contributed by atoms with Gasteiger partial charge >= 0.3 is 0 Å². The third kappa shape index (κ3) is 4.79. The van der Waals surface area contributed by atoms with Crippen molar-refractivity contribution in [3.05, 3.63) is 35.1 Å². The molecule has 0 saturated carbocycles. The van der Waals surface area contributed by atoms with E-state index >= 15 is 0 Å². The van der Waals surface area contributed by atoms with Crippen molar-refractivity contribution < 1.29 is 9.18 Å². The minimum absolute atomic E-state index is 0.158. The Bertz CT molecular complexity index is 580. The molecule has 0 aliphatic carbocycles. The molecule has 0 aromatic heterocycles. The molecule has 0 radical (unpaired) electrons. The number of carbonyl (C=O) groups is 1. The van der Waals surface area contributed by atoms with Crippen molar-refractivity contribution >= 4 is 5.91 Å². The van der Waals surface area contributed by atoms with Gasteiger partial charge in [0.05, 0.1) is 5.56 Å². The molecule has 1 N–H and O–H groups in total. The molecule has 1 unspecified atom stereocenters. The molecule has 1 aromatic rings. The first-order valence-corrected chi connectivity index (χ1v) is 9.67. The molecule has 2 heterocycles. The fraction of sp³-hybridized carbons (Fsp3) is 0.650. The first-order valence-electron chi connectivity index (χ1n) is 9.67. The van der Waals surface area contributed by atoms with E-state index < -0.39 is 0 Å². The van der Waals surface area contributed by atoms with Crippen LogP contribution in [-0.4, -0.2) is 61.0 Å². The molecule has 2 aliphatic rings. The number of hydrogen-bond donors (Lipinski definition) is 1. The van der Waals surface area contributed by atoms with E-state index in [-0.39, 0.29) is 17.3 Å². The van der Waals surface area contributed by atoms with Gasteiger partial charge in [-0.2, -0.15) is 0 Å². The van der Waals surface area contributed by atoms with Gasteiger partial charge in [-0.15, -0.1) is 0 Å². The highest BCUT2D eigenvalue weighted by Crippen LogP contribution is 2.18. The van der Waals surface area contributed by atoms with Crippen LogP contribution in [0.4, 0.5) is 4.39 Å². The number of halogens is 1. The van der Waals surface area contributed by atoms with Gasteiger partial charge in [-0.05, 0) is 56.7 Å². The van der Waals surface area contributed by atoms with E-state index in [2.05, 4.69) is 17.1 Å². The average molecular weight is 347 g/mol. The van der Waals surface area contributed by atoms with Crippen molar-refractivity contribution in [3.63, 3.8) is 0 Å². The summed E-state index contributed by atoms with van der Waals surface area (Å²) in [5, 5.41) is 3.38. The van der Waals surface area contributed by atoms with Gasteiger partial charge in [0.15, 0.2) is 0 Å². The quantitative estimate of drug-likeness (QED) is 0.859. The van der Waals surface area contributed by atoms with Crippen molar-refractivity contribution in [3.8, 4) is 0 Å². The van der Waals surface area contributed by atoms with E-state index in [1.54, 1.807) is 17.0 Å². The zero-order chi connectivity index (χ0) is 17.6. The van der Waals surface area contributed by atoms with Crippen molar-refractivity contribution in [1.82, 2.24) is 15.1 Å². The van der Waals surface area contributed by atoms with Gasteiger partial charge < -0.3 is 10.2 Å². The number of likely N-dealkylation sites (tertiary alicyclic amines) is 1. The van der Waals surface area contributed by atoms with Crippen LogP contribution in [0.25, 0.3) is 0 Å². The summed E-state index contributed by atoms with van der Waals surface area (Å²) in [6.07, 6.45) is 5.08. The Morgan fingerprint density at radius 1 is 1.20 bits per heavy atom. The van der Waals surface area contributed by atoms with E-state index in [1.807, 2.05) is 6.07 Å². The van der Waals surface area contributed by atoms with E-state index in [0.29, 0.717) is 6.04 Å². The highest BCUT2D eigenvalue weighted by atomic mass is 19.1. The monoisotopic (exact) mass is 347 g/mol. The molecule has 1 aromatic carbocycles. The standard InChI is InChI=1S/C20H30FN3O/c1-16(23-13-9-22-10-14-23)5-4-6-17-7-8-18(19(21)15-17)20(25)24-11-2-3-12-24/h7-8,15-16,22H,2-6,9-14H2,1H3. The third-order valence-electron chi connectivity index (χ3n) is 5.52. The molecule has 1 atom stereocenters. The summed E-state index contributed by atoms with van der Waals surface area (Å²) in [7, 11) is 0. The molecule has 2 aliphatic heterocycles. The molecule has 4 nitrogen and oxygen atoms in total. The van der Waals surface area contributed by atoms with Gasteiger partial charge in [0.1, 0.15) is 5.82 Å². The summed E-state index contributed by atoms with van der Waals surface area (Å²) in [6, 6.07) is 5.72. The van der Waals surface area contributed by atoms with Crippen LogP contribution in [0.1, 0.15) is 48.5 Å². The summed E-state index contributed by atoms with van der Waals surface area (Å²) >= 11 is 0. The Morgan fingerprint density at radius 2 is 1.92 bits per heavy atom. The predicted molar refractivity (Wildman–Crippen MR) is 98.4 cm³/mol. The van der Waals surface area contributed by atoms with Gasteiger partial charge in [0.2, 0.25) is 0 Å². The lowest BCUT2D eigenvalue weighted by Gasteiger charge is -2.32. The zero-order valence-electron chi connectivity index (χ0n) is 15.3. The third-order valence-corrected chi connectivity index (χ3v) is 5.52. The van der Waals surface area contributed by atoms with Gasteiger partial charge in [-0.3, -0.25) is 9.69 Å². The lowest BCUT2D eigenvalue weighted by Crippen LogP contribution is -2.47. The Hall–Kier alpha value is -1.46. The van der Waals surface area contributed by atoms with Gasteiger partial charge in [0, 0.05) is 45.3 Å². The SMILES string of the molecule is CC(CCCc1ccc(C(=O)N2CCCC2)c(F)c1)N1CCNCC1.